The molecule has 2 fully saturated rings. The van der Waals surface area contributed by atoms with Crippen molar-refractivity contribution in [2.45, 2.75) is 44.9 Å². The highest BCUT2D eigenvalue weighted by atomic mass is 16.5. The van der Waals surface area contributed by atoms with Crippen LogP contribution in [0.2, 0.25) is 0 Å². The smallest absolute Gasteiger partial charge is 0.253 e. The van der Waals surface area contributed by atoms with Gasteiger partial charge in [-0.1, -0.05) is 13.0 Å². The van der Waals surface area contributed by atoms with E-state index in [1.807, 2.05) is 16.8 Å². The molecule has 1 N–H and O–H groups in total. The summed E-state index contributed by atoms with van der Waals surface area (Å²) in [5, 5.41) is 13.7. The van der Waals surface area contributed by atoms with Crippen LogP contribution in [-0.2, 0) is 17.7 Å². The lowest BCUT2D eigenvalue weighted by molar-refractivity contribution is 0.0878. The number of nitrogens with zero attached hydrogens (tertiary/aromatic N) is 6. The predicted octanol–water partition coefficient (Wildman–Crippen LogP) is 1.59. The molecule has 2 saturated heterocycles. The van der Waals surface area contributed by atoms with Gasteiger partial charge in [-0.15, -0.1) is 5.10 Å². The zero-order valence-electron chi connectivity index (χ0n) is 18.8. The van der Waals surface area contributed by atoms with Gasteiger partial charge in [0.25, 0.3) is 5.56 Å². The van der Waals surface area contributed by atoms with E-state index >= 15 is 0 Å². The van der Waals surface area contributed by atoms with Crippen molar-refractivity contribution >= 4 is 10.9 Å². The van der Waals surface area contributed by atoms with E-state index in [4.69, 9.17) is 4.74 Å². The lowest BCUT2D eigenvalue weighted by Gasteiger charge is -2.37. The molecule has 9 nitrogen and oxygen atoms in total. The maximum atomic E-state index is 13.3. The molecule has 5 rings (SSSR count). The number of aromatic nitrogens is 5. The van der Waals surface area contributed by atoms with Crippen molar-refractivity contribution in [3.63, 3.8) is 0 Å². The van der Waals surface area contributed by atoms with Crippen molar-refractivity contribution in [3.05, 3.63) is 51.6 Å². The number of hydrogen-bond donors (Lipinski definition) is 1. The van der Waals surface area contributed by atoms with E-state index in [0.717, 1.165) is 63.0 Å². The number of aryl methyl sites for hydroxylation is 1. The molecule has 1 aromatic carbocycles. The normalized spacial score (nSPS) is 21.4. The van der Waals surface area contributed by atoms with Crippen molar-refractivity contribution in [1.82, 2.24) is 35.0 Å². The van der Waals surface area contributed by atoms with Crippen LogP contribution >= 0.6 is 0 Å². The number of nitrogens with one attached hydrogen (secondary N) is 1. The molecule has 3 aromatic rings. The minimum Gasteiger partial charge on any atom is -0.376 e. The number of rotatable bonds is 6. The minimum absolute atomic E-state index is 0.0858. The molecule has 32 heavy (non-hydrogen) atoms. The van der Waals surface area contributed by atoms with Gasteiger partial charge >= 0.3 is 0 Å². The second-order valence-corrected chi connectivity index (χ2v) is 8.92. The van der Waals surface area contributed by atoms with Crippen LogP contribution in [0.3, 0.4) is 0 Å². The Morgan fingerprint density at radius 3 is 2.81 bits per heavy atom. The number of aromatic amines is 1. The molecule has 0 radical (unpaired) electrons. The average molecular weight is 438 g/mol. The second kappa shape index (κ2) is 9.09. The largest absolute Gasteiger partial charge is 0.376 e. The Labute approximate surface area is 187 Å². The van der Waals surface area contributed by atoms with Crippen molar-refractivity contribution in [2.24, 2.45) is 0 Å². The van der Waals surface area contributed by atoms with Crippen LogP contribution in [0.15, 0.2) is 29.1 Å². The third kappa shape index (κ3) is 4.20. The van der Waals surface area contributed by atoms with Gasteiger partial charge in [0.15, 0.2) is 5.82 Å². The van der Waals surface area contributed by atoms with E-state index in [1.54, 1.807) is 0 Å². The number of piperazine rings is 1. The summed E-state index contributed by atoms with van der Waals surface area (Å²) < 4.78 is 7.67. The maximum Gasteiger partial charge on any atom is 0.253 e. The number of likely N-dealkylation sites (N-methyl/N-ethyl adjacent to an activating group) is 1. The monoisotopic (exact) mass is 437 g/mol. The lowest BCUT2D eigenvalue weighted by atomic mass is 10.0. The second-order valence-electron chi connectivity index (χ2n) is 8.92. The van der Waals surface area contributed by atoms with Gasteiger partial charge in [0.1, 0.15) is 6.04 Å². The summed E-state index contributed by atoms with van der Waals surface area (Å²) >= 11 is 0. The minimum atomic E-state index is -0.307. The summed E-state index contributed by atoms with van der Waals surface area (Å²) in [5.41, 5.74) is 2.71. The van der Waals surface area contributed by atoms with E-state index in [2.05, 4.69) is 56.4 Å². The van der Waals surface area contributed by atoms with Crippen LogP contribution in [0.5, 0.6) is 0 Å². The van der Waals surface area contributed by atoms with Crippen LogP contribution in [0.4, 0.5) is 0 Å². The van der Waals surface area contributed by atoms with Gasteiger partial charge in [-0.2, -0.15) is 0 Å². The Balaban J connectivity index is 1.59. The van der Waals surface area contributed by atoms with Gasteiger partial charge in [0.05, 0.1) is 12.6 Å². The molecular formula is C23H31N7O2. The van der Waals surface area contributed by atoms with E-state index in [9.17, 15) is 4.79 Å². The average Bonchev–Trinajstić information content (AvgIpc) is 3.48. The fourth-order valence-corrected chi connectivity index (χ4v) is 4.79. The quantitative estimate of drug-likeness (QED) is 0.626. The molecule has 9 heteroatoms. The van der Waals surface area contributed by atoms with Crippen molar-refractivity contribution in [3.8, 4) is 0 Å². The molecule has 0 saturated carbocycles. The Morgan fingerprint density at radius 2 is 2.06 bits per heavy atom. The summed E-state index contributed by atoms with van der Waals surface area (Å²) in [5.74, 6) is 0.710. The molecule has 0 aliphatic carbocycles. The fourth-order valence-electron chi connectivity index (χ4n) is 4.79. The van der Waals surface area contributed by atoms with E-state index < -0.39 is 0 Å². The number of hydrogen-bond acceptors (Lipinski definition) is 7. The van der Waals surface area contributed by atoms with Gasteiger partial charge in [-0.25, -0.2) is 4.68 Å². The van der Waals surface area contributed by atoms with Crippen LogP contribution in [0.1, 0.15) is 42.8 Å². The molecule has 4 heterocycles. The molecule has 2 aliphatic rings. The van der Waals surface area contributed by atoms with Crippen LogP contribution in [0.25, 0.3) is 10.9 Å². The standard InChI is InChI=1S/C23H31N7O2/c1-3-16-6-7-20-17(13-16)14-19(23(31)24-20)21(29-10-8-28(2)9-11-29)22-25-26-27-30(22)15-18-5-4-12-32-18/h6-7,13-14,18,21H,3-5,8-12,15H2,1-2H3,(H,24,31)/t18-,21+/m1/s1. The zero-order valence-corrected chi connectivity index (χ0v) is 18.8. The van der Waals surface area contributed by atoms with E-state index in [-0.39, 0.29) is 17.7 Å². The summed E-state index contributed by atoms with van der Waals surface area (Å²) in [7, 11) is 2.13. The number of ether oxygens (including phenoxy) is 1. The summed E-state index contributed by atoms with van der Waals surface area (Å²) in [4.78, 5) is 21.0. The highest BCUT2D eigenvalue weighted by molar-refractivity contribution is 5.80. The molecule has 0 amide bonds. The Hall–Kier alpha value is -2.62. The van der Waals surface area contributed by atoms with Gasteiger partial charge in [0.2, 0.25) is 0 Å². The third-order valence-corrected chi connectivity index (χ3v) is 6.75. The van der Waals surface area contributed by atoms with E-state index in [0.29, 0.717) is 17.9 Å². The Bertz CT molecular complexity index is 1130. The van der Waals surface area contributed by atoms with Crippen LogP contribution in [-0.4, -0.2) is 80.9 Å². The molecular weight excluding hydrogens is 406 g/mol. The van der Waals surface area contributed by atoms with Gasteiger partial charge in [0, 0.05) is 43.9 Å². The SMILES string of the molecule is CCc1ccc2[nH]c(=O)c([C@@H](c3nnnn3C[C@H]3CCCO3)N3CCN(C)CC3)cc2c1. The van der Waals surface area contributed by atoms with Crippen molar-refractivity contribution in [2.75, 3.05) is 39.8 Å². The van der Waals surface area contributed by atoms with Crippen LogP contribution < -0.4 is 5.56 Å². The van der Waals surface area contributed by atoms with Crippen molar-refractivity contribution < 1.29 is 4.74 Å². The van der Waals surface area contributed by atoms with Crippen molar-refractivity contribution in [1.29, 1.82) is 0 Å². The molecule has 2 atom stereocenters. The highest BCUT2D eigenvalue weighted by Gasteiger charge is 2.33. The van der Waals surface area contributed by atoms with Gasteiger partial charge in [-0.05, 0) is 65.9 Å². The number of fused-ring (bicyclic) bond motifs is 1. The van der Waals surface area contributed by atoms with Gasteiger partial charge < -0.3 is 14.6 Å². The summed E-state index contributed by atoms with van der Waals surface area (Å²) in [6.07, 6.45) is 3.14. The molecule has 0 spiro atoms. The first-order valence-electron chi connectivity index (χ1n) is 11.6. The lowest BCUT2D eigenvalue weighted by Crippen LogP contribution is -2.47. The molecule has 2 aliphatic heterocycles. The Kier molecular flexibility index (Phi) is 6.03. The fraction of sp³-hybridized carbons (Fsp3) is 0.565. The summed E-state index contributed by atoms with van der Waals surface area (Å²) in [6.45, 7) is 7.11. The number of H-pyrrole nitrogens is 1. The topological polar surface area (TPSA) is 92.2 Å². The molecule has 0 unspecified atom stereocenters. The first-order chi connectivity index (χ1) is 15.6. The predicted molar refractivity (Wildman–Crippen MR) is 122 cm³/mol. The molecule has 2 aromatic heterocycles. The number of pyridine rings is 1. The highest BCUT2D eigenvalue weighted by Crippen LogP contribution is 2.28. The third-order valence-electron chi connectivity index (χ3n) is 6.75. The van der Waals surface area contributed by atoms with Crippen LogP contribution in [0, 0.1) is 0 Å². The number of benzene rings is 1. The first-order valence-corrected chi connectivity index (χ1v) is 11.6. The first kappa shape index (κ1) is 21.2. The maximum absolute atomic E-state index is 13.3. The van der Waals surface area contributed by atoms with E-state index in [1.165, 1.54) is 5.56 Å². The Morgan fingerprint density at radius 1 is 1.22 bits per heavy atom. The zero-order chi connectivity index (χ0) is 22.1. The summed E-state index contributed by atoms with van der Waals surface area (Å²) in [6, 6.07) is 7.94. The molecule has 0 bridgehead atoms. The van der Waals surface area contributed by atoms with Gasteiger partial charge in [-0.3, -0.25) is 9.69 Å². The number of tetrazole rings is 1. The molecule has 170 valence electrons.